The van der Waals surface area contributed by atoms with Crippen LogP contribution in [0.3, 0.4) is 0 Å². The number of nitrogens with one attached hydrogen (secondary N) is 2. The maximum Gasteiger partial charge on any atom is 0.241 e. The number of hydrogen-bond donors (Lipinski definition) is 2. The molecule has 0 saturated carbocycles. The van der Waals surface area contributed by atoms with Gasteiger partial charge in [-0.05, 0) is 45.6 Å². The monoisotopic (exact) mass is 388 g/mol. The Labute approximate surface area is 137 Å². The fourth-order valence-corrected chi connectivity index (χ4v) is 4.62. The molecule has 4 nitrogen and oxygen atoms in total. The van der Waals surface area contributed by atoms with E-state index < -0.39 is 10.0 Å². The predicted molar refractivity (Wildman–Crippen MR) is 89.9 cm³/mol. The standard InChI is InChI=1S/C14H17BrN2O2S2/c1-2-16-9-11-5-3-4-6-14(11)21(18,19)17-10-13-12(15)7-8-20-13/h3-8,16-17H,2,9-10H2,1H3. The van der Waals surface area contributed by atoms with Crippen LogP contribution in [0, 0.1) is 0 Å². The highest BCUT2D eigenvalue weighted by Gasteiger charge is 2.18. The lowest BCUT2D eigenvalue weighted by Crippen LogP contribution is -2.25. The highest BCUT2D eigenvalue weighted by Crippen LogP contribution is 2.23. The summed E-state index contributed by atoms with van der Waals surface area (Å²) in [7, 11) is -3.52. The van der Waals surface area contributed by atoms with Crippen LogP contribution in [0.15, 0.2) is 45.1 Å². The van der Waals surface area contributed by atoms with Gasteiger partial charge >= 0.3 is 0 Å². The fourth-order valence-electron chi connectivity index (χ4n) is 1.86. The number of thiophene rings is 1. The molecule has 0 amide bonds. The summed E-state index contributed by atoms with van der Waals surface area (Å²) < 4.78 is 28.5. The average molecular weight is 389 g/mol. The van der Waals surface area contributed by atoms with E-state index in [9.17, 15) is 8.42 Å². The Morgan fingerprint density at radius 2 is 1.95 bits per heavy atom. The molecule has 1 aromatic carbocycles. The molecule has 0 aliphatic heterocycles. The first kappa shape index (κ1) is 16.6. The summed E-state index contributed by atoms with van der Waals surface area (Å²) in [4.78, 5) is 1.29. The number of halogens is 1. The smallest absolute Gasteiger partial charge is 0.241 e. The van der Waals surface area contributed by atoms with Gasteiger partial charge in [-0.3, -0.25) is 0 Å². The van der Waals surface area contributed by atoms with Crippen molar-refractivity contribution in [3.8, 4) is 0 Å². The van der Waals surface area contributed by atoms with Crippen molar-refractivity contribution in [2.75, 3.05) is 6.54 Å². The molecule has 7 heteroatoms. The zero-order chi connectivity index (χ0) is 15.3. The van der Waals surface area contributed by atoms with Crippen LogP contribution in [0.25, 0.3) is 0 Å². The van der Waals surface area contributed by atoms with E-state index in [4.69, 9.17) is 0 Å². The molecule has 0 aliphatic carbocycles. The van der Waals surface area contributed by atoms with E-state index in [1.807, 2.05) is 30.5 Å². The average Bonchev–Trinajstić information content (AvgIpc) is 2.89. The van der Waals surface area contributed by atoms with Gasteiger partial charge in [0.15, 0.2) is 0 Å². The van der Waals surface area contributed by atoms with Crippen molar-refractivity contribution in [1.82, 2.24) is 10.0 Å². The normalized spacial score (nSPS) is 11.7. The molecular formula is C14H17BrN2O2S2. The molecule has 2 N–H and O–H groups in total. The molecular weight excluding hydrogens is 372 g/mol. The topological polar surface area (TPSA) is 58.2 Å². The van der Waals surface area contributed by atoms with E-state index in [1.165, 1.54) is 11.3 Å². The number of benzene rings is 1. The Balaban J connectivity index is 2.17. The lowest BCUT2D eigenvalue weighted by atomic mass is 10.2. The quantitative estimate of drug-likeness (QED) is 0.765. The lowest BCUT2D eigenvalue weighted by molar-refractivity contribution is 0.579. The van der Waals surface area contributed by atoms with Crippen LogP contribution >= 0.6 is 27.3 Å². The maximum absolute atomic E-state index is 12.5. The molecule has 2 aromatic rings. The van der Waals surface area contributed by atoms with Gasteiger partial charge in [0.2, 0.25) is 10.0 Å². The fraction of sp³-hybridized carbons (Fsp3) is 0.286. The Kier molecular flexibility index (Phi) is 5.95. The molecule has 0 saturated heterocycles. The van der Waals surface area contributed by atoms with Crippen LogP contribution in [-0.4, -0.2) is 15.0 Å². The minimum atomic E-state index is -3.52. The molecule has 0 spiro atoms. The van der Waals surface area contributed by atoms with Crippen molar-refractivity contribution < 1.29 is 8.42 Å². The van der Waals surface area contributed by atoms with Crippen LogP contribution in [0.1, 0.15) is 17.4 Å². The third kappa shape index (κ3) is 4.37. The second-order valence-corrected chi connectivity index (χ2v) is 7.99. The van der Waals surface area contributed by atoms with E-state index in [-0.39, 0.29) is 6.54 Å². The van der Waals surface area contributed by atoms with E-state index in [0.717, 1.165) is 21.5 Å². The summed E-state index contributed by atoms with van der Waals surface area (Å²) >= 11 is 4.92. The Morgan fingerprint density at radius 3 is 2.62 bits per heavy atom. The first-order chi connectivity index (χ1) is 10.0. The molecule has 0 bridgehead atoms. The van der Waals surface area contributed by atoms with Crippen molar-refractivity contribution in [2.45, 2.75) is 24.9 Å². The largest absolute Gasteiger partial charge is 0.313 e. The van der Waals surface area contributed by atoms with Crippen molar-refractivity contribution >= 4 is 37.3 Å². The van der Waals surface area contributed by atoms with Crippen molar-refractivity contribution in [2.24, 2.45) is 0 Å². The third-order valence-electron chi connectivity index (χ3n) is 2.94. The molecule has 0 unspecified atom stereocenters. The Morgan fingerprint density at radius 1 is 1.19 bits per heavy atom. The van der Waals surface area contributed by atoms with Crippen molar-refractivity contribution in [3.05, 3.63) is 50.6 Å². The van der Waals surface area contributed by atoms with E-state index >= 15 is 0 Å². The summed E-state index contributed by atoms with van der Waals surface area (Å²) in [6, 6.07) is 8.97. The van der Waals surface area contributed by atoms with Gasteiger partial charge in [0, 0.05) is 22.4 Å². The van der Waals surface area contributed by atoms with Crippen LogP contribution in [0.5, 0.6) is 0 Å². The summed E-state index contributed by atoms with van der Waals surface area (Å²) in [5.41, 5.74) is 0.775. The summed E-state index contributed by atoms with van der Waals surface area (Å²) in [5, 5.41) is 5.08. The SMILES string of the molecule is CCNCc1ccccc1S(=O)(=O)NCc1sccc1Br. The number of rotatable bonds is 7. The van der Waals surface area contributed by atoms with E-state index in [1.54, 1.807) is 12.1 Å². The molecule has 2 rings (SSSR count). The molecule has 21 heavy (non-hydrogen) atoms. The second kappa shape index (κ2) is 7.51. The van der Waals surface area contributed by atoms with Crippen molar-refractivity contribution in [1.29, 1.82) is 0 Å². The molecule has 0 fully saturated rings. The highest BCUT2D eigenvalue weighted by atomic mass is 79.9. The summed E-state index contributed by atoms with van der Waals surface area (Å²) in [5.74, 6) is 0. The molecule has 0 atom stereocenters. The highest BCUT2D eigenvalue weighted by molar-refractivity contribution is 9.10. The van der Waals surface area contributed by atoms with Crippen LogP contribution in [0.2, 0.25) is 0 Å². The molecule has 0 radical (unpaired) electrons. The van der Waals surface area contributed by atoms with E-state index in [0.29, 0.717) is 11.4 Å². The number of sulfonamides is 1. The molecule has 1 heterocycles. The van der Waals surface area contributed by atoms with Gasteiger partial charge in [0.25, 0.3) is 0 Å². The van der Waals surface area contributed by atoms with Crippen LogP contribution < -0.4 is 10.0 Å². The van der Waals surface area contributed by atoms with Gasteiger partial charge in [-0.2, -0.15) is 0 Å². The zero-order valence-corrected chi connectivity index (χ0v) is 14.8. The third-order valence-corrected chi connectivity index (χ3v) is 6.37. The zero-order valence-electron chi connectivity index (χ0n) is 11.6. The van der Waals surface area contributed by atoms with Gasteiger partial charge in [-0.1, -0.05) is 25.1 Å². The van der Waals surface area contributed by atoms with Gasteiger partial charge in [-0.25, -0.2) is 13.1 Å². The van der Waals surface area contributed by atoms with Crippen molar-refractivity contribution in [3.63, 3.8) is 0 Å². The Hall–Kier alpha value is -0.730. The maximum atomic E-state index is 12.5. The first-order valence-corrected chi connectivity index (χ1v) is 9.70. The van der Waals surface area contributed by atoms with Gasteiger partial charge < -0.3 is 5.32 Å². The molecule has 114 valence electrons. The summed E-state index contributed by atoms with van der Waals surface area (Å²) in [6.45, 7) is 3.61. The van der Waals surface area contributed by atoms with Crippen LogP contribution in [0.4, 0.5) is 0 Å². The Bertz CT molecular complexity index is 699. The summed E-state index contributed by atoms with van der Waals surface area (Å²) in [6.07, 6.45) is 0. The molecule has 0 aliphatic rings. The van der Waals surface area contributed by atoms with Gasteiger partial charge in [0.05, 0.1) is 4.90 Å². The molecule has 1 aromatic heterocycles. The van der Waals surface area contributed by atoms with E-state index in [2.05, 4.69) is 26.0 Å². The second-order valence-electron chi connectivity index (χ2n) is 4.40. The minimum absolute atomic E-state index is 0.288. The number of hydrogen-bond acceptors (Lipinski definition) is 4. The predicted octanol–water partition coefficient (Wildman–Crippen LogP) is 3.10. The minimum Gasteiger partial charge on any atom is -0.313 e. The first-order valence-electron chi connectivity index (χ1n) is 6.54. The lowest BCUT2D eigenvalue weighted by Gasteiger charge is -2.11. The van der Waals surface area contributed by atoms with Gasteiger partial charge in [-0.15, -0.1) is 11.3 Å². The van der Waals surface area contributed by atoms with Gasteiger partial charge in [0.1, 0.15) is 0 Å². The van der Waals surface area contributed by atoms with Crippen LogP contribution in [-0.2, 0) is 23.1 Å².